The summed E-state index contributed by atoms with van der Waals surface area (Å²) >= 11 is 13.7. The summed E-state index contributed by atoms with van der Waals surface area (Å²) in [6, 6.07) is 40.4. The number of benzene rings is 6. The van der Waals surface area contributed by atoms with E-state index in [9.17, 15) is 19.5 Å². The molecule has 0 fully saturated rings. The standard InChI is InChI=1S/C53H44Cl2N4O8/c1-3-38(32-14-10-15-33(26-32)47(58-45(60)30-65-35-17-6-4-7-18-35)41-28-43(54)39-22-12-24-56-49(39)51(41)62)53(63)67-52-42(29-44(55)40-23-13-25-57-50(40)52)48(34-16-11-21-37(27-34)64-2)59-46(61)31-66-36-19-8-5-9-20-36/h4-29,38,47-48,62H,3,30-31H2,1-2H3,(H,58,60)(H,59,61). The van der Waals surface area contributed by atoms with Gasteiger partial charge in [0, 0.05) is 34.3 Å². The van der Waals surface area contributed by atoms with E-state index < -0.39 is 35.8 Å². The molecule has 0 aliphatic rings. The van der Waals surface area contributed by atoms with Crippen molar-refractivity contribution in [3.05, 3.63) is 196 Å². The Hall–Kier alpha value is -7.67. The molecule has 14 heteroatoms. The van der Waals surface area contributed by atoms with E-state index in [1.54, 1.807) is 140 Å². The van der Waals surface area contributed by atoms with Crippen molar-refractivity contribution in [3.63, 3.8) is 0 Å². The Morgan fingerprint density at radius 1 is 0.597 bits per heavy atom. The van der Waals surface area contributed by atoms with Gasteiger partial charge in [0.15, 0.2) is 19.0 Å². The number of halogens is 2. The SMILES string of the molecule is CCC(C(=O)Oc1c(C(NC(=O)COc2ccccc2)c2cccc(OC)c2)cc(Cl)c2cccnc12)c1cccc(C(NC(=O)COc2ccccc2)c2cc(Cl)c3cccnc3c2O)c1. The topological polar surface area (TPSA) is 158 Å². The second-order valence-corrected chi connectivity index (χ2v) is 16.2. The number of amides is 2. The van der Waals surface area contributed by atoms with E-state index in [1.807, 2.05) is 25.1 Å². The van der Waals surface area contributed by atoms with Gasteiger partial charge in [0.25, 0.3) is 11.8 Å². The smallest absolute Gasteiger partial charge is 0.318 e. The molecule has 0 radical (unpaired) electrons. The molecule has 67 heavy (non-hydrogen) atoms. The highest BCUT2D eigenvalue weighted by molar-refractivity contribution is 6.36. The molecule has 3 atom stereocenters. The number of nitrogens with zero attached hydrogens (tertiary/aromatic N) is 2. The second kappa shape index (κ2) is 21.1. The van der Waals surface area contributed by atoms with Crippen molar-refractivity contribution in [1.82, 2.24) is 20.6 Å². The number of hydrogen-bond acceptors (Lipinski definition) is 10. The average Bonchev–Trinajstić information content (AvgIpc) is 3.36. The molecule has 6 aromatic carbocycles. The number of carbonyl (C=O) groups excluding carboxylic acids is 3. The van der Waals surface area contributed by atoms with Crippen molar-refractivity contribution in [2.24, 2.45) is 0 Å². The molecule has 0 spiro atoms. The normalized spacial score (nSPS) is 12.4. The maximum Gasteiger partial charge on any atom is 0.318 e. The van der Waals surface area contributed by atoms with Crippen LogP contribution >= 0.6 is 23.2 Å². The number of esters is 1. The number of fused-ring (bicyclic) bond motifs is 2. The molecule has 0 bridgehead atoms. The first-order valence-corrected chi connectivity index (χ1v) is 22.1. The molecule has 0 saturated heterocycles. The van der Waals surface area contributed by atoms with Crippen LogP contribution in [0.3, 0.4) is 0 Å². The summed E-state index contributed by atoms with van der Waals surface area (Å²) in [6.07, 6.45) is 3.40. The second-order valence-electron chi connectivity index (χ2n) is 15.4. The fourth-order valence-corrected chi connectivity index (χ4v) is 8.39. The van der Waals surface area contributed by atoms with Crippen molar-refractivity contribution in [1.29, 1.82) is 0 Å². The van der Waals surface area contributed by atoms with Crippen LogP contribution in [-0.4, -0.2) is 53.2 Å². The fourth-order valence-electron chi connectivity index (χ4n) is 7.85. The Labute approximate surface area is 396 Å². The first kappa shape index (κ1) is 45.9. The van der Waals surface area contributed by atoms with E-state index in [0.717, 1.165) is 0 Å². The van der Waals surface area contributed by atoms with Gasteiger partial charge in [-0.15, -0.1) is 0 Å². The molecule has 3 unspecified atom stereocenters. The van der Waals surface area contributed by atoms with Crippen LogP contribution in [0.4, 0.5) is 0 Å². The lowest BCUT2D eigenvalue weighted by Crippen LogP contribution is -2.34. The van der Waals surface area contributed by atoms with Crippen molar-refractivity contribution in [3.8, 4) is 28.7 Å². The van der Waals surface area contributed by atoms with Gasteiger partial charge in [-0.1, -0.05) is 103 Å². The van der Waals surface area contributed by atoms with Crippen LogP contribution < -0.4 is 29.6 Å². The number of hydrogen-bond donors (Lipinski definition) is 3. The summed E-state index contributed by atoms with van der Waals surface area (Å²) in [6.45, 7) is 1.21. The molecule has 2 amide bonds. The lowest BCUT2D eigenvalue weighted by Gasteiger charge is -2.25. The molecule has 2 heterocycles. The molecule has 8 rings (SSSR count). The van der Waals surface area contributed by atoms with Crippen molar-refractivity contribution in [2.45, 2.75) is 31.3 Å². The van der Waals surface area contributed by atoms with Crippen LogP contribution in [0.15, 0.2) is 158 Å². The third-order valence-corrected chi connectivity index (χ3v) is 11.7. The van der Waals surface area contributed by atoms with Gasteiger partial charge < -0.3 is 34.7 Å². The largest absolute Gasteiger partial charge is 0.505 e. The fraction of sp³-hybridized carbons (Fsp3) is 0.151. The minimum absolute atomic E-state index is 0.0866. The van der Waals surface area contributed by atoms with Gasteiger partial charge in [-0.2, -0.15) is 0 Å². The Kier molecular flexibility index (Phi) is 14.4. The van der Waals surface area contributed by atoms with Crippen LogP contribution in [0.2, 0.25) is 10.0 Å². The molecule has 0 aliphatic carbocycles. The van der Waals surface area contributed by atoms with E-state index in [-0.39, 0.29) is 35.8 Å². The number of para-hydroxylation sites is 2. The van der Waals surface area contributed by atoms with Gasteiger partial charge in [0.1, 0.15) is 34.0 Å². The third-order valence-electron chi connectivity index (χ3n) is 11.1. The molecular weight excluding hydrogens is 892 g/mol. The van der Waals surface area contributed by atoms with Gasteiger partial charge >= 0.3 is 5.97 Å². The minimum Gasteiger partial charge on any atom is -0.505 e. The predicted octanol–water partition coefficient (Wildman–Crippen LogP) is 10.5. The number of ether oxygens (including phenoxy) is 4. The highest BCUT2D eigenvalue weighted by atomic mass is 35.5. The predicted molar refractivity (Wildman–Crippen MR) is 257 cm³/mol. The maximum atomic E-state index is 14.8. The van der Waals surface area contributed by atoms with Crippen LogP contribution in [-0.2, 0) is 14.4 Å². The zero-order valence-corrected chi connectivity index (χ0v) is 37.8. The van der Waals surface area contributed by atoms with Crippen LogP contribution in [0.1, 0.15) is 59.2 Å². The first-order chi connectivity index (χ1) is 32.6. The van der Waals surface area contributed by atoms with Gasteiger partial charge in [0.05, 0.1) is 35.2 Å². The number of aromatic hydroxyl groups is 1. The van der Waals surface area contributed by atoms with E-state index in [2.05, 4.69) is 20.6 Å². The van der Waals surface area contributed by atoms with Crippen molar-refractivity contribution in [2.75, 3.05) is 20.3 Å². The lowest BCUT2D eigenvalue weighted by atomic mass is 9.90. The summed E-state index contributed by atoms with van der Waals surface area (Å²) in [7, 11) is 1.54. The highest BCUT2D eigenvalue weighted by Gasteiger charge is 2.31. The molecule has 3 N–H and O–H groups in total. The van der Waals surface area contributed by atoms with Gasteiger partial charge in [-0.05, 0) is 95.9 Å². The third kappa shape index (κ3) is 10.6. The van der Waals surface area contributed by atoms with Crippen LogP contribution in [0, 0.1) is 0 Å². The summed E-state index contributed by atoms with van der Waals surface area (Å²) in [5.41, 5.74) is 2.86. The van der Waals surface area contributed by atoms with Crippen LogP contribution in [0.25, 0.3) is 21.8 Å². The number of phenols is 1. The Morgan fingerprint density at radius 3 is 1.70 bits per heavy atom. The number of rotatable bonds is 17. The quantitative estimate of drug-likeness (QED) is 0.0593. The molecule has 338 valence electrons. The zero-order valence-electron chi connectivity index (χ0n) is 36.3. The van der Waals surface area contributed by atoms with Gasteiger partial charge in [0.2, 0.25) is 0 Å². The highest BCUT2D eigenvalue weighted by Crippen LogP contribution is 2.42. The number of aromatic nitrogens is 2. The van der Waals surface area contributed by atoms with Crippen molar-refractivity contribution < 1.29 is 38.4 Å². The molecule has 0 aliphatic heterocycles. The number of pyridine rings is 2. The molecule has 12 nitrogen and oxygen atoms in total. The molecule has 8 aromatic rings. The average molecular weight is 936 g/mol. The lowest BCUT2D eigenvalue weighted by molar-refractivity contribution is -0.136. The molecule has 0 saturated carbocycles. The summed E-state index contributed by atoms with van der Waals surface area (Å²) in [5.74, 6) is -0.982. The summed E-state index contributed by atoms with van der Waals surface area (Å²) in [5, 5.41) is 19.4. The minimum atomic E-state index is -0.974. The monoisotopic (exact) mass is 934 g/mol. The van der Waals surface area contributed by atoms with Crippen molar-refractivity contribution >= 4 is 62.8 Å². The van der Waals surface area contributed by atoms with Crippen LogP contribution in [0.5, 0.6) is 28.7 Å². The van der Waals surface area contributed by atoms with Gasteiger partial charge in [-0.3, -0.25) is 24.4 Å². The number of nitrogens with one attached hydrogen (secondary N) is 2. The Morgan fingerprint density at radius 2 is 1.10 bits per heavy atom. The molecular formula is C53H44Cl2N4O8. The number of carbonyl (C=O) groups is 3. The zero-order chi connectivity index (χ0) is 46.9. The first-order valence-electron chi connectivity index (χ1n) is 21.3. The van der Waals surface area contributed by atoms with E-state index >= 15 is 0 Å². The number of methoxy groups -OCH3 is 1. The summed E-state index contributed by atoms with van der Waals surface area (Å²) < 4.78 is 23.6. The Bertz CT molecular complexity index is 3070. The van der Waals surface area contributed by atoms with E-state index in [0.29, 0.717) is 72.3 Å². The van der Waals surface area contributed by atoms with E-state index in [4.69, 9.17) is 42.1 Å². The number of phenolic OH excluding ortho intramolecular Hbond substituents is 1. The maximum absolute atomic E-state index is 14.8. The molecule has 2 aromatic heterocycles. The van der Waals surface area contributed by atoms with E-state index in [1.165, 1.54) is 7.11 Å². The van der Waals surface area contributed by atoms with Gasteiger partial charge in [-0.25, -0.2) is 0 Å². The Balaban J connectivity index is 1.16. The summed E-state index contributed by atoms with van der Waals surface area (Å²) in [4.78, 5) is 51.2.